The summed E-state index contributed by atoms with van der Waals surface area (Å²) >= 11 is 0. The van der Waals surface area contributed by atoms with Crippen molar-refractivity contribution in [3.63, 3.8) is 0 Å². The molecule has 0 bridgehead atoms. The summed E-state index contributed by atoms with van der Waals surface area (Å²) in [6.45, 7) is 8.52. The number of anilines is 1. The summed E-state index contributed by atoms with van der Waals surface area (Å²) in [6, 6.07) is 1.10. The maximum Gasteiger partial charge on any atom is 0.126 e. The van der Waals surface area contributed by atoms with E-state index in [-0.39, 0.29) is 0 Å². The van der Waals surface area contributed by atoms with Gasteiger partial charge in [-0.05, 0) is 13.8 Å². The zero-order valence-electron chi connectivity index (χ0n) is 10.6. The third kappa shape index (κ3) is 1.73. The lowest BCUT2D eigenvalue weighted by molar-refractivity contribution is 0.0686. The number of nitrogens with one attached hydrogen (secondary N) is 1. The Labute approximate surface area is 102 Å². The van der Waals surface area contributed by atoms with Crippen LogP contribution in [0.3, 0.4) is 0 Å². The highest BCUT2D eigenvalue weighted by Crippen LogP contribution is 2.29. The Bertz CT molecular complexity index is 417. The van der Waals surface area contributed by atoms with Crippen molar-refractivity contribution in [1.82, 2.24) is 20.0 Å². The molecule has 1 saturated heterocycles. The van der Waals surface area contributed by atoms with E-state index in [0.717, 1.165) is 38.4 Å². The summed E-state index contributed by atoms with van der Waals surface area (Å²) in [7, 11) is 0. The number of rotatable bonds is 2. The molecule has 0 spiro atoms. The largest absolute Gasteiger partial charge is 0.384 e. The highest BCUT2D eigenvalue weighted by molar-refractivity contribution is 5.45. The summed E-state index contributed by atoms with van der Waals surface area (Å²) in [6.07, 6.45) is 1.01. The average molecular weight is 235 g/mol. The Kier molecular flexibility index (Phi) is 2.60. The van der Waals surface area contributed by atoms with E-state index in [0.29, 0.717) is 12.1 Å². The normalized spacial score (nSPS) is 21.6. The summed E-state index contributed by atoms with van der Waals surface area (Å²) in [5.41, 5.74) is 8.62. The number of likely N-dealkylation sites (tertiary alicyclic amines) is 1. The minimum atomic E-state index is 0.475. The topological polar surface area (TPSA) is 59.1 Å². The minimum absolute atomic E-state index is 0.475. The van der Waals surface area contributed by atoms with E-state index >= 15 is 0 Å². The van der Waals surface area contributed by atoms with E-state index in [1.165, 1.54) is 11.3 Å². The predicted octanol–water partition coefficient (Wildman–Crippen LogP) is 0.376. The third-order valence-corrected chi connectivity index (χ3v) is 3.94. The lowest BCUT2D eigenvalue weighted by Gasteiger charge is -2.42. The lowest BCUT2D eigenvalue weighted by atomic mass is 10.1. The van der Waals surface area contributed by atoms with Gasteiger partial charge in [0.1, 0.15) is 5.82 Å². The number of nitrogens with zero attached hydrogens (tertiary/aromatic N) is 3. The zero-order chi connectivity index (χ0) is 12.0. The molecule has 1 fully saturated rings. The molecule has 5 nitrogen and oxygen atoms in total. The number of hydrogen-bond acceptors (Lipinski definition) is 4. The fourth-order valence-corrected chi connectivity index (χ4v) is 2.69. The monoisotopic (exact) mass is 235 g/mol. The summed E-state index contributed by atoms with van der Waals surface area (Å²) < 4.78 is 2.05. The van der Waals surface area contributed by atoms with Crippen LogP contribution >= 0.6 is 0 Å². The first kappa shape index (κ1) is 11.0. The molecule has 0 radical (unpaired) electrons. The highest BCUT2D eigenvalue weighted by Gasteiger charge is 2.33. The standard InChI is InChI=1S/C12H21N5/c1-8(2)16-6-9(7-16)17-12(13)10-5-14-4-3-11(10)15-17/h8-9,14H,3-7,13H2,1-2H3. The van der Waals surface area contributed by atoms with Gasteiger partial charge in [0.2, 0.25) is 0 Å². The van der Waals surface area contributed by atoms with Crippen LogP contribution in [0.5, 0.6) is 0 Å². The molecule has 94 valence electrons. The van der Waals surface area contributed by atoms with Crippen molar-refractivity contribution in [3.05, 3.63) is 11.3 Å². The zero-order valence-corrected chi connectivity index (χ0v) is 10.6. The van der Waals surface area contributed by atoms with Gasteiger partial charge in [0.25, 0.3) is 0 Å². The van der Waals surface area contributed by atoms with Crippen LogP contribution in [0.2, 0.25) is 0 Å². The molecule has 2 aliphatic rings. The van der Waals surface area contributed by atoms with Crippen molar-refractivity contribution in [3.8, 4) is 0 Å². The van der Waals surface area contributed by atoms with Crippen LogP contribution in [0.25, 0.3) is 0 Å². The highest BCUT2D eigenvalue weighted by atomic mass is 15.4. The molecule has 0 amide bonds. The SMILES string of the molecule is CC(C)N1CC(n2nc3c(c2N)CNCC3)C1. The molecule has 0 saturated carbocycles. The molecular weight excluding hydrogens is 214 g/mol. The van der Waals surface area contributed by atoms with Crippen LogP contribution in [-0.2, 0) is 13.0 Å². The van der Waals surface area contributed by atoms with Crippen molar-refractivity contribution in [1.29, 1.82) is 0 Å². The van der Waals surface area contributed by atoms with Gasteiger partial charge in [-0.25, -0.2) is 4.68 Å². The average Bonchev–Trinajstić information content (AvgIpc) is 2.55. The van der Waals surface area contributed by atoms with E-state index in [2.05, 4.69) is 28.7 Å². The maximum atomic E-state index is 6.20. The fraction of sp³-hybridized carbons (Fsp3) is 0.750. The van der Waals surface area contributed by atoms with Gasteiger partial charge in [0.15, 0.2) is 0 Å². The van der Waals surface area contributed by atoms with Gasteiger partial charge >= 0.3 is 0 Å². The Balaban J connectivity index is 1.79. The van der Waals surface area contributed by atoms with E-state index in [9.17, 15) is 0 Å². The second kappa shape index (κ2) is 3.99. The number of nitrogen functional groups attached to an aromatic ring is 1. The van der Waals surface area contributed by atoms with E-state index in [1.54, 1.807) is 0 Å². The van der Waals surface area contributed by atoms with Crippen LogP contribution in [0.15, 0.2) is 0 Å². The Morgan fingerprint density at radius 2 is 2.18 bits per heavy atom. The first-order valence-electron chi connectivity index (χ1n) is 6.47. The molecule has 0 aromatic carbocycles. The van der Waals surface area contributed by atoms with Crippen LogP contribution in [0, 0.1) is 0 Å². The molecule has 0 atom stereocenters. The molecule has 0 unspecified atom stereocenters. The van der Waals surface area contributed by atoms with Gasteiger partial charge in [-0.15, -0.1) is 0 Å². The van der Waals surface area contributed by atoms with E-state index in [1.807, 2.05) is 0 Å². The van der Waals surface area contributed by atoms with Gasteiger partial charge < -0.3 is 11.1 Å². The Morgan fingerprint density at radius 3 is 2.82 bits per heavy atom. The molecule has 2 aliphatic heterocycles. The smallest absolute Gasteiger partial charge is 0.126 e. The van der Waals surface area contributed by atoms with Crippen molar-refractivity contribution in [2.45, 2.75) is 38.9 Å². The second-order valence-corrected chi connectivity index (χ2v) is 5.38. The molecule has 3 rings (SSSR count). The van der Waals surface area contributed by atoms with Gasteiger partial charge in [-0.2, -0.15) is 5.10 Å². The van der Waals surface area contributed by atoms with Crippen LogP contribution in [0.4, 0.5) is 5.82 Å². The maximum absolute atomic E-state index is 6.20. The van der Waals surface area contributed by atoms with Gasteiger partial charge in [0.05, 0.1) is 11.7 Å². The molecule has 3 N–H and O–H groups in total. The van der Waals surface area contributed by atoms with Crippen LogP contribution in [-0.4, -0.2) is 40.4 Å². The second-order valence-electron chi connectivity index (χ2n) is 5.38. The molecule has 0 aliphatic carbocycles. The third-order valence-electron chi connectivity index (χ3n) is 3.94. The lowest BCUT2D eigenvalue weighted by Crippen LogP contribution is -2.51. The summed E-state index contributed by atoms with van der Waals surface area (Å²) in [5.74, 6) is 0.876. The molecular formula is C12H21N5. The molecule has 17 heavy (non-hydrogen) atoms. The number of nitrogens with two attached hydrogens (primary N) is 1. The number of aromatic nitrogens is 2. The van der Waals surface area contributed by atoms with Crippen molar-refractivity contribution in [2.24, 2.45) is 0 Å². The fourth-order valence-electron chi connectivity index (χ4n) is 2.69. The first-order chi connectivity index (χ1) is 8.16. The van der Waals surface area contributed by atoms with Gasteiger partial charge in [-0.1, -0.05) is 0 Å². The van der Waals surface area contributed by atoms with Crippen molar-refractivity contribution >= 4 is 5.82 Å². The number of fused-ring (bicyclic) bond motifs is 1. The Morgan fingerprint density at radius 1 is 1.41 bits per heavy atom. The summed E-state index contributed by atoms with van der Waals surface area (Å²) in [4.78, 5) is 2.45. The van der Waals surface area contributed by atoms with E-state index in [4.69, 9.17) is 10.8 Å². The van der Waals surface area contributed by atoms with Crippen LogP contribution in [0.1, 0.15) is 31.1 Å². The molecule has 1 aromatic heterocycles. The van der Waals surface area contributed by atoms with Gasteiger partial charge in [0, 0.05) is 44.2 Å². The minimum Gasteiger partial charge on any atom is -0.384 e. The molecule has 3 heterocycles. The molecule has 5 heteroatoms. The van der Waals surface area contributed by atoms with Crippen molar-refractivity contribution in [2.75, 3.05) is 25.4 Å². The van der Waals surface area contributed by atoms with Crippen LogP contribution < -0.4 is 11.1 Å². The summed E-state index contributed by atoms with van der Waals surface area (Å²) in [5, 5.41) is 8.04. The van der Waals surface area contributed by atoms with E-state index < -0.39 is 0 Å². The van der Waals surface area contributed by atoms with Crippen molar-refractivity contribution < 1.29 is 0 Å². The number of hydrogen-bond donors (Lipinski definition) is 2. The first-order valence-corrected chi connectivity index (χ1v) is 6.47. The quantitative estimate of drug-likeness (QED) is 0.778. The Hall–Kier alpha value is -1.07. The molecule has 1 aromatic rings. The van der Waals surface area contributed by atoms with Gasteiger partial charge in [-0.3, -0.25) is 4.90 Å². The predicted molar refractivity (Wildman–Crippen MR) is 67.8 cm³/mol.